The van der Waals surface area contributed by atoms with E-state index in [1.807, 2.05) is 4.90 Å². The first-order valence-electron chi connectivity index (χ1n) is 6.55. The summed E-state index contributed by atoms with van der Waals surface area (Å²) in [7, 11) is 1.57. The zero-order valence-electron chi connectivity index (χ0n) is 11.7. The molecular formula is C14H17N3O4. The Hall–Kier alpha value is -2.41. The number of carboxylic acids is 1. The minimum Gasteiger partial charge on any atom is -0.478 e. The number of nitrogens with zero attached hydrogens (tertiary/aromatic N) is 2. The number of carboxylic acid groups (broad SMARTS) is 1. The van der Waals surface area contributed by atoms with E-state index < -0.39 is 12.0 Å². The van der Waals surface area contributed by atoms with Crippen molar-refractivity contribution in [2.75, 3.05) is 31.7 Å². The van der Waals surface area contributed by atoms with E-state index in [2.05, 4.69) is 10.3 Å². The summed E-state index contributed by atoms with van der Waals surface area (Å²) in [6.45, 7) is 1.29. The Morgan fingerprint density at radius 3 is 3.10 bits per heavy atom. The molecule has 1 saturated heterocycles. The molecular weight excluding hydrogens is 274 g/mol. The number of carbonyl (C=O) groups excluding carboxylic acids is 1. The van der Waals surface area contributed by atoms with Gasteiger partial charge >= 0.3 is 5.97 Å². The lowest BCUT2D eigenvalue weighted by Crippen LogP contribution is -2.53. The molecule has 1 fully saturated rings. The maximum atomic E-state index is 12.0. The van der Waals surface area contributed by atoms with Crippen molar-refractivity contribution >= 4 is 23.8 Å². The van der Waals surface area contributed by atoms with Crippen molar-refractivity contribution in [3.63, 3.8) is 0 Å². The van der Waals surface area contributed by atoms with E-state index in [1.54, 1.807) is 25.4 Å². The Bertz CT molecular complexity index is 559. The van der Waals surface area contributed by atoms with Crippen molar-refractivity contribution in [2.45, 2.75) is 6.04 Å². The second-order valence-electron chi connectivity index (χ2n) is 4.49. The average Bonchev–Trinajstić information content (AvgIpc) is 2.52. The third-order valence-electron chi connectivity index (χ3n) is 3.17. The summed E-state index contributed by atoms with van der Waals surface area (Å²) >= 11 is 0. The van der Waals surface area contributed by atoms with Crippen molar-refractivity contribution in [3.8, 4) is 0 Å². The molecule has 1 amide bonds. The largest absolute Gasteiger partial charge is 0.478 e. The van der Waals surface area contributed by atoms with Crippen molar-refractivity contribution < 1.29 is 19.4 Å². The average molecular weight is 291 g/mol. The van der Waals surface area contributed by atoms with Crippen LogP contribution < -0.4 is 10.2 Å². The van der Waals surface area contributed by atoms with Gasteiger partial charge in [0, 0.05) is 31.4 Å². The standard InChI is InChI=1S/C14H17N3O4/c1-15-14(20)11-9-21-8-7-17(11)13-10(3-2-6-16-13)4-5-12(18)19/h2-6,11H,7-9H2,1H3,(H,15,20)(H,18,19)/b5-4+. The van der Waals surface area contributed by atoms with Crippen LogP contribution in [0.5, 0.6) is 0 Å². The number of aliphatic carboxylic acids is 1. The van der Waals surface area contributed by atoms with Gasteiger partial charge in [-0.25, -0.2) is 9.78 Å². The number of likely N-dealkylation sites (N-methyl/N-ethyl adjacent to an activating group) is 1. The molecule has 1 atom stereocenters. The van der Waals surface area contributed by atoms with Crippen LogP contribution in [0.3, 0.4) is 0 Å². The van der Waals surface area contributed by atoms with Gasteiger partial charge in [-0.1, -0.05) is 0 Å². The first-order valence-corrected chi connectivity index (χ1v) is 6.55. The van der Waals surface area contributed by atoms with E-state index in [0.717, 1.165) is 6.08 Å². The molecule has 7 heteroatoms. The number of anilines is 1. The highest BCUT2D eigenvalue weighted by Crippen LogP contribution is 2.23. The Morgan fingerprint density at radius 2 is 2.38 bits per heavy atom. The summed E-state index contributed by atoms with van der Waals surface area (Å²) in [6.07, 6.45) is 4.14. The molecule has 1 aromatic heterocycles. The maximum absolute atomic E-state index is 12.0. The van der Waals surface area contributed by atoms with Crippen LogP contribution in [-0.4, -0.2) is 54.8 Å². The molecule has 0 aliphatic carbocycles. The van der Waals surface area contributed by atoms with E-state index in [1.165, 1.54) is 6.08 Å². The number of carbonyl (C=O) groups is 2. The predicted molar refractivity (Wildman–Crippen MR) is 76.9 cm³/mol. The highest BCUT2D eigenvalue weighted by atomic mass is 16.5. The second kappa shape index (κ2) is 6.85. The molecule has 21 heavy (non-hydrogen) atoms. The van der Waals surface area contributed by atoms with Crippen LogP contribution in [-0.2, 0) is 14.3 Å². The quantitative estimate of drug-likeness (QED) is 0.766. The number of hydrogen-bond donors (Lipinski definition) is 2. The van der Waals surface area contributed by atoms with Crippen LogP contribution in [0.1, 0.15) is 5.56 Å². The molecule has 2 N–H and O–H groups in total. The van der Waals surface area contributed by atoms with Crippen molar-refractivity contribution in [3.05, 3.63) is 30.0 Å². The summed E-state index contributed by atoms with van der Waals surface area (Å²) in [6, 6.07) is 3.01. The van der Waals surface area contributed by atoms with Crippen LogP contribution in [0.15, 0.2) is 24.4 Å². The van der Waals surface area contributed by atoms with Gasteiger partial charge in [-0.3, -0.25) is 4.79 Å². The lowest BCUT2D eigenvalue weighted by Gasteiger charge is -2.35. The van der Waals surface area contributed by atoms with E-state index in [-0.39, 0.29) is 12.5 Å². The normalized spacial score (nSPS) is 18.7. The number of pyridine rings is 1. The first-order chi connectivity index (χ1) is 10.1. The summed E-state index contributed by atoms with van der Waals surface area (Å²) < 4.78 is 5.35. The molecule has 112 valence electrons. The Morgan fingerprint density at radius 1 is 1.57 bits per heavy atom. The fourth-order valence-electron chi connectivity index (χ4n) is 2.18. The minimum absolute atomic E-state index is 0.159. The number of amides is 1. The van der Waals surface area contributed by atoms with Crippen molar-refractivity contribution in [1.29, 1.82) is 0 Å². The third kappa shape index (κ3) is 3.57. The van der Waals surface area contributed by atoms with E-state index in [0.29, 0.717) is 24.5 Å². The molecule has 0 aromatic carbocycles. The molecule has 0 radical (unpaired) electrons. The first kappa shape index (κ1) is 15.0. The summed E-state index contributed by atoms with van der Waals surface area (Å²) in [5.74, 6) is -0.616. The zero-order chi connectivity index (χ0) is 15.2. The van der Waals surface area contributed by atoms with Gasteiger partial charge in [0.05, 0.1) is 13.2 Å². The molecule has 1 unspecified atom stereocenters. The summed E-state index contributed by atoms with van der Waals surface area (Å²) in [4.78, 5) is 28.8. The zero-order valence-corrected chi connectivity index (χ0v) is 11.7. The summed E-state index contributed by atoms with van der Waals surface area (Å²) in [5.41, 5.74) is 0.649. The molecule has 7 nitrogen and oxygen atoms in total. The Kier molecular flexibility index (Phi) is 4.89. The third-order valence-corrected chi connectivity index (χ3v) is 3.17. The number of ether oxygens (including phenoxy) is 1. The number of rotatable bonds is 4. The fourth-order valence-corrected chi connectivity index (χ4v) is 2.18. The van der Waals surface area contributed by atoms with Gasteiger partial charge in [-0.05, 0) is 18.2 Å². The van der Waals surface area contributed by atoms with Gasteiger partial charge < -0.3 is 20.1 Å². The maximum Gasteiger partial charge on any atom is 0.328 e. The minimum atomic E-state index is -1.03. The van der Waals surface area contributed by atoms with Gasteiger partial charge in [0.25, 0.3) is 0 Å². The molecule has 1 aromatic rings. The Balaban J connectivity index is 2.34. The number of nitrogens with one attached hydrogen (secondary N) is 1. The van der Waals surface area contributed by atoms with Gasteiger partial charge in [0.2, 0.25) is 5.91 Å². The van der Waals surface area contributed by atoms with Crippen LogP contribution in [0.4, 0.5) is 5.82 Å². The van der Waals surface area contributed by atoms with Gasteiger partial charge in [0.1, 0.15) is 11.9 Å². The molecule has 1 aliphatic rings. The van der Waals surface area contributed by atoms with Crippen LogP contribution >= 0.6 is 0 Å². The van der Waals surface area contributed by atoms with Crippen molar-refractivity contribution in [2.24, 2.45) is 0 Å². The fraction of sp³-hybridized carbons (Fsp3) is 0.357. The molecule has 2 rings (SSSR count). The van der Waals surface area contributed by atoms with Crippen molar-refractivity contribution in [1.82, 2.24) is 10.3 Å². The Labute approximate surface area is 122 Å². The lowest BCUT2D eigenvalue weighted by atomic mass is 10.1. The van der Waals surface area contributed by atoms with Gasteiger partial charge in [0.15, 0.2) is 0 Å². The number of aromatic nitrogens is 1. The highest BCUT2D eigenvalue weighted by Gasteiger charge is 2.30. The molecule has 2 heterocycles. The monoisotopic (exact) mass is 291 g/mol. The van der Waals surface area contributed by atoms with Gasteiger partial charge in [-0.2, -0.15) is 0 Å². The van der Waals surface area contributed by atoms with Crippen LogP contribution in [0.2, 0.25) is 0 Å². The highest BCUT2D eigenvalue weighted by molar-refractivity contribution is 5.88. The molecule has 0 saturated carbocycles. The van der Waals surface area contributed by atoms with Crippen LogP contribution in [0.25, 0.3) is 6.08 Å². The molecule has 0 spiro atoms. The predicted octanol–water partition coefficient (Wildman–Crippen LogP) is 0.131. The van der Waals surface area contributed by atoms with E-state index >= 15 is 0 Å². The van der Waals surface area contributed by atoms with Crippen LogP contribution in [0, 0.1) is 0 Å². The smallest absolute Gasteiger partial charge is 0.328 e. The second-order valence-corrected chi connectivity index (χ2v) is 4.49. The molecule has 1 aliphatic heterocycles. The molecule has 0 bridgehead atoms. The lowest BCUT2D eigenvalue weighted by molar-refractivity contribution is -0.131. The number of hydrogen-bond acceptors (Lipinski definition) is 5. The van der Waals surface area contributed by atoms with Gasteiger partial charge in [-0.15, -0.1) is 0 Å². The van der Waals surface area contributed by atoms with E-state index in [4.69, 9.17) is 9.84 Å². The summed E-state index contributed by atoms with van der Waals surface area (Å²) in [5, 5.41) is 11.4. The SMILES string of the molecule is CNC(=O)C1COCCN1c1ncccc1/C=C/C(=O)O. The topological polar surface area (TPSA) is 91.8 Å². The number of morpholine rings is 1. The van der Waals surface area contributed by atoms with E-state index in [9.17, 15) is 9.59 Å².